The molecule has 0 saturated carbocycles. The van der Waals surface area contributed by atoms with Gasteiger partial charge in [-0.1, -0.05) is 0 Å². The Kier molecular flexibility index (Phi) is 3.76. The molecule has 1 N–H and O–H groups in total. The first-order valence-electron chi connectivity index (χ1n) is 5.95. The standard InChI is InChI=1S/C12H16FN3O2/c1-15-6-4-10(5-7-15)14-11-8-9(13)2-3-12(11)16(17)18/h2-3,8,10,14H,4-7H2,1H3. The van der Waals surface area contributed by atoms with E-state index in [-0.39, 0.29) is 17.4 Å². The average Bonchev–Trinajstić information content (AvgIpc) is 2.32. The molecule has 1 aliphatic heterocycles. The maximum atomic E-state index is 13.2. The summed E-state index contributed by atoms with van der Waals surface area (Å²) in [6, 6.07) is 3.67. The van der Waals surface area contributed by atoms with Crippen molar-refractivity contribution in [1.29, 1.82) is 0 Å². The van der Waals surface area contributed by atoms with Gasteiger partial charge in [-0.3, -0.25) is 10.1 Å². The van der Waals surface area contributed by atoms with Gasteiger partial charge in [0.1, 0.15) is 11.5 Å². The van der Waals surface area contributed by atoms with Gasteiger partial charge in [-0.15, -0.1) is 0 Å². The second kappa shape index (κ2) is 5.30. The zero-order valence-corrected chi connectivity index (χ0v) is 10.2. The van der Waals surface area contributed by atoms with Gasteiger partial charge in [0.05, 0.1) is 4.92 Å². The molecule has 0 unspecified atom stereocenters. The Labute approximate surface area is 105 Å². The topological polar surface area (TPSA) is 58.4 Å². The lowest BCUT2D eigenvalue weighted by atomic mass is 10.0. The van der Waals surface area contributed by atoms with Crippen LogP contribution in [0.4, 0.5) is 15.8 Å². The number of hydrogen-bond donors (Lipinski definition) is 1. The molecule has 1 heterocycles. The van der Waals surface area contributed by atoms with Crippen LogP contribution in [0.1, 0.15) is 12.8 Å². The zero-order valence-electron chi connectivity index (χ0n) is 10.2. The van der Waals surface area contributed by atoms with Crippen LogP contribution in [0.2, 0.25) is 0 Å². The lowest BCUT2D eigenvalue weighted by Gasteiger charge is -2.30. The number of nitrogens with zero attached hydrogens (tertiary/aromatic N) is 2. The fraction of sp³-hybridized carbons (Fsp3) is 0.500. The fourth-order valence-electron chi connectivity index (χ4n) is 2.16. The first-order valence-corrected chi connectivity index (χ1v) is 5.95. The van der Waals surface area contributed by atoms with Crippen LogP contribution in [0.25, 0.3) is 0 Å². The van der Waals surface area contributed by atoms with E-state index < -0.39 is 10.7 Å². The van der Waals surface area contributed by atoms with Gasteiger partial charge in [-0.25, -0.2) is 4.39 Å². The Balaban J connectivity index is 2.12. The molecule has 0 amide bonds. The minimum Gasteiger partial charge on any atom is -0.377 e. The van der Waals surface area contributed by atoms with Crippen molar-refractivity contribution in [2.75, 3.05) is 25.5 Å². The van der Waals surface area contributed by atoms with Crippen LogP contribution < -0.4 is 5.32 Å². The van der Waals surface area contributed by atoms with Crippen molar-refractivity contribution < 1.29 is 9.31 Å². The minimum atomic E-state index is -0.489. The van der Waals surface area contributed by atoms with Gasteiger partial charge in [-0.05, 0) is 39.0 Å². The highest BCUT2D eigenvalue weighted by Crippen LogP contribution is 2.27. The first kappa shape index (κ1) is 12.8. The summed E-state index contributed by atoms with van der Waals surface area (Å²) in [7, 11) is 2.04. The summed E-state index contributed by atoms with van der Waals surface area (Å²) in [6.45, 7) is 1.89. The number of halogens is 1. The normalized spacial score (nSPS) is 17.7. The van der Waals surface area contributed by atoms with Gasteiger partial charge in [0.15, 0.2) is 0 Å². The third-order valence-corrected chi connectivity index (χ3v) is 3.23. The van der Waals surface area contributed by atoms with E-state index >= 15 is 0 Å². The Morgan fingerprint density at radius 1 is 1.44 bits per heavy atom. The second-order valence-corrected chi connectivity index (χ2v) is 4.64. The summed E-state index contributed by atoms with van der Waals surface area (Å²) in [6.07, 6.45) is 1.81. The smallest absolute Gasteiger partial charge is 0.292 e. The Morgan fingerprint density at radius 2 is 2.11 bits per heavy atom. The molecule has 2 rings (SSSR count). The van der Waals surface area contributed by atoms with E-state index in [1.807, 2.05) is 7.05 Å². The zero-order chi connectivity index (χ0) is 13.1. The van der Waals surface area contributed by atoms with Gasteiger partial charge in [0.2, 0.25) is 0 Å². The van der Waals surface area contributed by atoms with Gasteiger partial charge in [0.25, 0.3) is 5.69 Å². The summed E-state index contributed by atoms with van der Waals surface area (Å²) in [5.41, 5.74) is 0.199. The molecule has 0 bridgehead atoms. The predicted molar refractivity (Wildman–Crippen MR) is 67.2 cm³/mol. The number of rotatable bonds is 3. The quantitative estimate of drug-likeness (QED) is 0.663. The largest absolute Gasteiger partial charge is 0.377 e. The van der Waals surface area contributed by atoms with E-state index in [0.717, 1.165) is 32.0 Å². The predicted octanol–water partition coefficient (Wildman–Crippen LogP) is 2.24. The molecule has 1 aromatic carbocycles. The Bertz CT molecular complexity index is 445. The van der Waals surface area contributed by atoms with E-state index in [1.54, 1.807) is 0 Å². The third kappa shape index (κ3) is 2.95. The monoisotopic (exact) mass is 253 g/mol. The Hall–Kier alpha value is -1.69. The molecule has 1 aliphatic rings. The molecular formula is C12H16FN3O2. The van der Waals surface area contributed by atoms with Crippen LogP contribution in [-0.2, 0) is 0 Å². The number of anilines is 1. The van der Waals surface area contributed by atoms with Crippen molar-refractivity contribution in [1.82, 2.24) is 4.90 Å². The molecule has 98 valence electrons. The van der Waals surface area contributed by atoms with Crippen LogP contribution in [0.15, 0.2) is 18.2 Å². The summed E-state index contributed by atoms with van der Waals surface area (Å²) in [5.74, 6) is -0.462. The molecule has 5 nitrogen and oxygen atoms in total. The molecule has 1 saturated heterocycles. The number of nitro groups is 1. The van der Waals surface area contributed by atoms with Crippen LogP contribution in [0.5, 0.6) is 0 Å². The number of benzene rings is 1. The van der Waals surface area contributed by atoms with Crippen LogP contribution >= 0.6 is 0 Å². The molecule has 6 heteroatoms. The second-order valence-electron chi connectivity index (χ2n) is 4.64. The highest BCUT2D eigenvalue weighted by Gasteiger charge is 2.21. The fourth-order valence-corrected chi connectivity index (χ4v) is 2.16. The maximum absolute atomic E-state index is 13.2. The molecule has 18 heavy (non-hydrogen) atoms. The highest BCUT2D eigenvalue weighted by atomic mass is 19.1. The maximum Gasteiger partial charge on any atom is 0.292 e. The van der Waals surface area contributed by atoms with Gasteiger partial charge >= 0.3 is 0 Å². The first-order chi connectivity index (χ1) is 8.56. The molecule has 1 aromatic rings. The van der Waals surface area contributed by atoms with Gasteiger partial charge in [-0.2, -0.15) is 0 Å². The van der Waals surface area contributed by atoms with Crippen LogP contribution in [0.3, 0.4) is 0 Å². The van der Waals surface area contributed by atoms with Crippen molar-refractivity contribution >= 4 is 11.4 Å². The van der Waals surface area contributed by atoms with Crippen molar-refractivity contribution in [3.05, 3.63) is 34.1 Å². The number of hydrogen-bond acceptors (Lipinski definition) is 4. The van der Waals surface area contributed by atoms with Gasteiger partial charge < -0.3 is 10.2 Å². The number of likely N-dealkylation sites (tertiary alicyclic amines) is 1. The van der Waals surface area contributed by atoms with Crippen molar-refractivity contribution in [3.63, 3.8) is 0 Å². The third-order valence-electron chi connectivity index (χ3n) is 3.23. The summed E-state index contributed by atoms with van der Waals surface area (Å²) in [4.78, 5) is 12.6. The molecule has 0 spiro atoms. The molecule has 0 radical (unpaired) electrons. The van der Waals surface area contributed by atoms with E-state index in [1.165, 1.54) is 12.1 Å². The SMILES string of the molecule is CN1CCC(Nc2cc(F)ccc2[N+](=O)[O-])CC1. The average molecular weight is 253 g/mol. The highest BCUT2D eigenvalue weighted by molar-refractivity contribution is 5.61. The molecule has 0 atom stereocenters. The van der Waals surface area contributed by atoms with Gasteiger partial charge in [0, 0.05) is 18.2 Å². The van der Waals surface area contributed by atoms with E-state index in [0.29, 0.717) is 0 Å². The lowest BCUT2D eigenvalue weighted by molar-refractivity contribution is -0.384. The van der Waals surface area contributed by atoms with E-state index in [4.69, 9.17) is 0 Å². The number of piperidine rings is 1. The summed E-state index contributed by atoms with van der Waals surface area (Å²) in [5, 5.41) is 13.9. The van der Waals surface area contributed by atoms with Crippen LogP contribution in [0, 0.1) is 15.9 Å². The number of nitro benzene ring substituents is 1. The Morgan fingerprint density at radius 3 is 2.72 bits per heavy atom. The molecule has 0 aliphatic carbocycles. The van der Waals surface area contributed by atoms with E-state index in [9.17, 15) is 14.5 Å². The van der Waals surface area contributed by atoms with Crippen molar-refractivity contribution in [3.8, 4) is 0 Å². The lowest BCUT2D eigenvalue weighted by Crippen LogP contribution is -2.36. The van der Waals surface area contributed by atoms with E-state index in [2.05, 4.69) is 10.2 Å². The van der Waals surface area contributed by atoms with Crippen molar-refractivity contribution in [2.24, 2.45) is 0 Å². The summed E-state index contributed by atoms with van der Waals surface area (Å²) >= 11 is 0. The van der Waals surface area contributed by atoms with Crippen molar-refractivity contribution in [2.45, 2.75) is 18.9 Å². The summed E-state index contributed by atoms with van der Waals surface area (Å²) < 4.78 is 13.2. The molecule has 0 aromatic heterocycles. The minimum absolute atomic E-state index is 0.0738. The number of nitrogens with one attached hydrogen (secondary N) is 1. The molecular weight excluding hydrogens is 237 g/mol. The van der Waals surface area contributed by atoms with Crippen LogP contribution in [-0.4, -0.2) is 36.0 Å². The molecule has 1 fully saturated rings.